The summed E-state index contributed by atoms with van der Waals surface area (Å²) in [4.78, 5) is 40.0. The molecule has 0 spiro atoms. The molecular formula is C21H26N6O2. The number of hydrogen-bond acceptors (Lipinski definition) is 5. The molecule has 152 valence electrons. The highest BCUT2D eigenvalue weighted by Gasteiger charge is 2.33. The summed E-state index contributed by atoms with van der Waals surface area (Å²) in [5.74, 6) is 0.724. The lowest BCUT2D eigenvalue weighted by Crippen LogP contribution is -2.53. The fourth-order valence-corrected chi connectivity index (χ4v) is 3.93. The quantitative estimate of drug-likeness (QED) is 0.862. The van der Waals surface area contributed by atoms with E-state index in [2.05, 4.69) is 20.2 Å². The lowest BCUT2D eigenvalue weighted by atomic mass is 9.96. The molecule has 0 saturated carbocycles. The monoisotopic (exact) mass is 394 g/mol. The highest BCUT2D eigenvalue weighted by atomic mass is 16.2. The highest BCUT2D eigenvalue weighted by molar-refractivity contribution is 5.90. The zero-order chi connectivity index (χ0) is 20.1. The Bertz CT molecular complexity index is 824. The minimum Gasteiger partial charge on any atom is -0.339 e. The van der Waals surface area contributed by atoms with Crippen LogP contribution in [0.5, 0.6) is 0 Å². The Hall–Kier alpha value is -3.16. The van der Waals surface area contributed by atoms with Crippen molar-refractivity contribution in [1.29, 1.82) is 0 Å². The molecule has 0 aliphatic carbocycles. The van der Waals surface area contributed by atoms with Crippen LogP contribution in [0, 0.1) is 5.92 Å². The van der Waals surface area contributed by atoms with Crippen molar-refractivity contribution in [3.8, 4) is 0 Å². The maximum atomic E-state index is 13.0. The number of carbonyl (C=O) groups is 2. The van der Waals surface area contributed by atoms with E-state index in [0.29, 0.717) is 32.1 Å². The first-order chi connectivity index (χ1) is 14.2. The topological polar surface area (TPSA) is 81.7 Å². The Morgan fingerprint density at radius 1 is 0.897 bits per heavy atom. The summed E-state index contributed by atoms with van der Waals surface area (Å²) < 4.78 is 0. The van der Waals surface area contributed by atoms with Crippen LogP contribution < -0.4 is 10.2 Å². The van der Waals surface area contributed by atoms with Crippen LogP contribution in [0.1, 0.15) is 12.8 Å². The first-order valence-electron chi connectivity index (χ1n) is 10.1. The summed E-state index contributed by atoms with van der Waals surface area (Å²) in [6.45, 7) is 3.91. The lowest BCUT2D eigenvalue weighted by Gasteiger charge is -2.39. The van der Waals surface area contributed by atoms with Crippen molar-refractivity contribution >= 4 is 23.6 Å². The Morgan fingerprint density at radius 2 is 1.62 bits per heavy atom. The van der Waals surface area contributed by atoms with Crippen LogP contribution in [0.2, 0.25) is 0 Å². The molecule has 0 unspecified atom stereocenters. The number of urea groups is 1. The van der Waals surface area contributed by atoms with E-state index in [4.69, 9.17) is 0 Å². The molecule has 2 aromatic rings. The number of carbonyl (C=O) groups excluding carboxylic acids is 2. The molecule has 1 aromatic heterocycles. The Morgan fingerprint density at radius 3 is 2.34 bits per heavy atom. The maximum absolute atomic E-state index is 13.0. The molecule has 4 rings (SSSR count). The number of amides is 3. The molecule has 1 atom stereocenters. The van der Waals surface area contributed by atoms with Gasteiger partial charge >= 0.3 is 6.03 Å². The Balaban J connectivity index is 1.30. The first-order valence-corrected chi connectivity index (χ1v) is 10.1. The SMILES string of the molecule is O=C(Nc1ccccc1)N1CCC[C@@H](C(=O)N2CCN(c3ncccn3)CC2)C1. The van der Waals surface area contributed by atoms with E-state index in [0.717, 1.165) is 31.6 Å². The van der Waals surface area contributed by atoms with Crippen molar-refractivity contribution in [3.63, 3.8) is 0 Å². The molecule has 3 heterocycles. The van der Waals surface area contributed by atoms with Crippen molar-refractivity contribution in [3.05, 3.63) is 48.8 Å². The number of benzene rings is 1. The van der Waals surface area contributed by atoms with Gasteiger partial charge in [-0.2, -0.15) is 0 Å². The molecule has 2 aliphatic rings. The predicted molar refractivity (Wildman–Crippen MR) is 111 cm³/mol. The average molecular weight is 394 g/mol. The van der Waals surface area contributed by atoms with Gasteiger partial charge in [0, 0.05) is 57.3 Å². The first kappa shape index (κ1) is 19.2. The number of likely N-dealkylation sites (tertiary alicyclic amines) is 1. The van der Waals surface area contributed by atoms with Gasteiger partial charge in [0.05, 0.1) is 5.92 Å². The van der Waals surface area contributed by atoms with Crippen LogP contribution in [0.4, 0.5) is 16.4 Å². The van der Waals surface area contributed by atoms with Crippen LogP contribution in [0.25, 0.3) is 0 Å². The molecule has 3 amide bonds. The van der Waals surface area contributed by atoms with E-state index in [-0.39, 0.29) is 17.9 Å². The van der Waals surface area contributed by atoms with Crippen molar-refractivity contribution < 1.29 is 9.59 Å². The summed E-state index contributed by atoms with van der Waals surface area (Å²) in [6, 6.07) is 11.1. The van der Waals surface area contributed by atoms with Crippen LogP contribution >= 0.6 is 0 Å². The number of piperidine rings is 1. The molecule has 2 aliphatic heterocycles. The van der Waals surface area contributed by atoms with Crippen molar-refractivity contribution in [1.82, 2.24) is 19.8 Å². The van der Waals surface area contributed by atoms with Gasteiger partial charge in [0.2, 0.25) is 11.9 Å². The summed E-state index contributed by atoms with van der Waals surface area (Å²) >= 11 is 0. The standard InChI is InChI=1S/C21H26N6O2/c28-19(25-12-14-26(15-13-25)20-22-9-5-10-23-20)17-6-4-11-27(16-17)21(29)24-18-7-2-1-3-8-18/h1-3,5,7-10,17H,4,6,11-16H2,(H,24,29)/t17-/m1/s1. The average Bonchev–Trinajstić information content (AvgIpc) is 2.80. The van der Waals surface area contributed by atoms with Gasteiger partial charge in [-0.15, -0.1) is 0 Å². The van der Waals surface area contributed by atoms with Gasteiger partial charge in [-0.3, -0.25) is 4.79 Å². The van der Waals surface area contributed by atoms with Crippen LogP contribution in [-0.4, -0.2) is 71.0 Å². The molecule has 2 fully saturated rings. The molecule has 8 heteroatoms. The summed E-state index contributed by atoms with van der Waals surface area (Å²) in [5.41, 5.74) is 0.769. The third-order valence-corrected chi connectivity index (χ3v) is 5.51. The summed E-state index contributed by atoms with van der Waals surface area (Å²) in [7, 11) is 0. The highest BCUT2D eigenvalue weighted by Crippen LogP contribution is 2.21. The van der Waals surface area contributed by atoms with Gasteiger partial charge in [0.1, 0.15) is 0 Å². The van der Waals surface area contributed by atoms with Gasteiger partial charge in [0.15, 0.2) is 0 Å². The Labute approximate surface area is 170 Å². The minimum atomic E-state index is -0.139. The summed E-state index contributed by atoms with van der Waals surface area (Å²) in [6.07, 6.45) is 5.14. The van der Waals surface area contributed by atoms with E-state index >= 15 is 0 Å². The lowest BCUT2D eigenvalue weighted by molar-refractivity contribution is -0.137. The zero-order valence-electron chi connectivity index (χ0n) is 16.4. The third-order valence-electron chi connectivity index (χ3n) is 5.51. The van der Waals surface area contributed by atoms with Gasteiger partial charge in [-0.05, 0) is 31.0 Å². The molecule has 2 saturated heterocycles. The van der Waals surface area contributed by atoms with E-state index < -0.39 is 0 Å². The number of aromatic nitrogens is 2. The molecule has 1 N–H and O–H groups in total. The second-order valence-corrected chi connectivity index (χ2v) is 7.44. The zero-order valence-corrected chi connectivity index (χ0v) is 16.4. The van der Waals surface area contributed by atoms with Gasteiger partial charge in [-0.1, -0.05) is 18.2 Å². The second kappa shape index (κ2) is 8.89. The molecule has 0 radical (unpaired) electrons. The minimum absolute atomic E-state index is 0.134. The number of nitrogens with zero attached hydrogens (tertiary/aromatic N) is 5. The summed E-state index contributed by atoms with van der Waals surface area (Å²) in [5, 5.41) is 2.92. The van der Waals surface area contributed by atoms with Crippen molar-refractivity contribution in [2.75, 3.05) is 49.5 Å². The number of para-hydroxylation sites is 1. The fourth-order valence-electron chi connectivity index (χ4n) is 3.93. The van der Waals surface area contributed by atoms with E-state index in [1.165, 1.54) is 0 Å². The number of nitrogens with one attached hydrogen (secondary N) is 1. The van der Waals surface area contributed by atoms with Gasteiger partial charge in [-0.25, -0.2) is 14.8 Å². The van der Waals surface area contributed by atoms with E-state index in [1.54, 1.807) is 23.4 Å². The predicted octanol–water partition coefficient (Wildman–Crippen LogP) is 2.07. The second-order valence-electron chi connectivity index (χ2n) is 7.44. The van der Waals surface area contributed by atoms with Crippen molar-refractivity contribution in [2.24, 2.45) is 5.92 Å². The van der Waals surface area contributed by atoms with E-state index in [9.17, 15) is 9.59 Å². The number of anilines is 2. The molecule has 8 nitrogen and oxygen atoms in total. The number of piperazine rings is 1. The maximum Gasteiger partial charge on any atom is 0.321 e. The molecule has 0 bridgehead atoms. The van der Waals surface area contributed by atoms with Gasteiger partial charge in [0.25, 0.3) is 0 Å². The molecule has 1 aromatic carbocycles. The molecule has 29 heavy (non-hydrogen) atoms. The smallest absolute Gasteiger partial charge is 0.321 e. The largest absolute Gasteiger partial charge is 0.339 e. The Kier molecular flexibility index (Phi) is 5.88. The molecular weight excluding hydrogens is 368 g/mol. The van der Waals surface area contributed by atoms with Crippen LogP contribution in [0.15, 0.2) is 48.8 Å². The number of rotatable bonds is 3. The fraction of sp³-hybridized carbons (Fsp3) is 0.429. The van der Waals surface area contributed by atoms with Gasteiger partial charge < -0.3 is 20.0 Å². The third kappa shape index (κ3) is 4.64. The number of hydrogen-bond donors (Lipinski definition) is 1. The van der Waals surface area contributed by atoms with Crippen molar-refractivity contribution in [2.45, 2.75) is 12.8 Å². The van der Waals surface area contributed by atoms with Crippen LogP contribution in [0.3, 0.4) is 0 Å². The van der Waals surface area contributed by atoms with E-state index in [1.807, 2.05) is 35.2 Å². The van der Waals surface area contributed by atoms with Crippen LogP contribution in [-0.2, 0) is 4.79 Å². The normalized spacial score (nSPS) is 19.7.